The number of amides is 1. The first-order valence-electron chi connectivity index (χ1n) is 8.53. The Bertz CT molecular complexity index is 1040. The molecular formula is C19H17ClF3N5O. The topological polar surface area (TPSA) is 72.7 Å². The molecule has 0 aliphatic heterocycles. The Morgan fingerprint density at radius 3 is 2.28 bits per heavy atom. The van der Waals surface area contributed by atoms with Gasteiger partial charge in [0.2, 0.25) is 0 Å². The molecule has 0 saturated carbocycles. The van der Waals surface area contributed by atoms with Crippen molar-refractivity contribution in [3.05, 3.63) is 58.9 Å². The highest BCUT2D eigenvalue weighted by Crippen LogP contribution is 2.31. The van der Waals surface area contributed by atoms with Crippen molar-refractivity contribution in [3.8, 4) is 16.8 Å². The number of aryl methyl sites for hydroxylation is 1. The summed E-state index contributed by atoms with van der Waals surface area (Å²) < 4.78 is 41.0. The third-order valence-corrected chi connectivity index (χ3v) is 4.61. The molecule has 2 aromatic carbocycles. The van der Waals surface area contributed by atoms with Crippen LogP contribution in [-0.4, -0.2) is 37.8 Å². The van der Waals surface area contributed by atoms with Gasteiger partial charge >= 0.3 is 6.18 Å². The van der Waals surface area contributed by atoms with Crippen LogP contribution in [0.4, 0.5) is 13.2 Å². The number of tetrazole rings is 1. The van der Waals surface area contributed by atoms with Crippen LogP contribution in [0.25, 0.3) is 16.8 Å². The second kappa shape index (κ2) is 7.47. The van der Waals surface area contributed by atoms with Crippen molar-refractivity contribution >= 4 is 17.5 Å². The van der Waals surface area contributed by atoms with Crippen molar-refractivity contribution in [2.45, 2.75) is 32.5 Å². The number of hydrogen-bond donors (Lipinski definition) is 1. The summed E-state index contributed by atoms with van der Waals surface area (Å²) in [6.07, 6.45) is -4.61. The molecule has 0 aliphatic rings. The van der Waals surface area contributed by atoms with Gasteiger partial charge < -0.3 is 5.32 Å². The lowest BCUT2D eigenvalue weighted by atomic mass is 10.00. The maximum atomic E-state index is 13.2. The van der Waals surface area contributed by atoms with E-state index in [0.717, 1.165) is 19.4 Å². The molecule has 0 bridgehead atoms. The lowest BCUT2D eigenvalue weighted by molar-refractivity contribution is -0.182. The SMILES string of the molecule is Cc1nnnn1-c1cc(C(=O)NC(C)(C)C(F)(F)F)cc(-c2ccc(Cl)cc2)c1. The number of carbonyl (C=O) groups excluding carboxylic acids is 1. The van der Waals surface area contributed by atoms with E-state index in [1.54, 1.807) is 37.3 Å². The second-order valence-corrected chi connectivity index (χ2v) is 7.43. The van der Waals surface area contributed by atoms with Crippen molar-refractivity contribution in [1.29, 1.82) is 0 Å². The Balaban J connectivity index is 2.09. The number of hydrogen-bond acceptors (Lipinski definition) is 4. The molecule has 3 rings (SSSR count). The van der Waals surface area contributed by atoms with E-state index < -0.39 is 17.6 Å². The lowest BCUT2D eigenvalue weighted by Gasteiger charge is -2.29. The third-order valence-electron chi connectivity index (χ3n) is 4.36. The summed E-state index contributed by atoms with van der Waals surface area (Å²) in [7, 11) is 0. The molecular weight excluding hydrogens is 407 g/mol. The summed E-state index contributed by atoms with van der Waals surface area (Å²) in [5, 5.41) is 13.8. The van der Waals surface area contributed by atoms with Crippen LogP contribution >= 0.6 is 11.6 Å². The van der Waals surface area contributed by atoms with Gasteiger partial charge in [-0.05, 0) is 72.7 Å². The molecule has 152 valence electrons. The summed E-state index contributed by atoms with van der Waals surface area (Å²) in [5.74, 6) is -0.407. The predicted octanol–water partition coefficient (Wildman–Crippen LogP) is 4.36. The molecule has 29 heavy (non-hydrogen) atoms. The molecule has 0 fully saturated rings. The lowest BCUT2D eigenvalue weighted by Crippen LogP contribution is -2.54. The summed E-state index contributed by atoms with van der Waals surface area (Å²) >= 11 is 5.93. The van der Waals surface area contributed by atoms with E-state index in [2.05, 4.69) is 15.5 Å². The van der Waals surface area contributed by atoms with Gasteiger partial charge in [0.1, 0.15) is 5.54 Å². The van der Waals surface area contributed by atoms with E-state index >= 15 is 0 Å². The van der Waals surface area contributed by atoms with Crippen LogP contribution in [0.5, 0.6) is 0 Å². The number of rotatable bonds is 4. The molecule has 10 heteroatoms. The van der Waals surface area contributed by atoms with Crippen LogP contribution in [0.2, 0.25) is 5.02 Å². The Morgan fingerprint density at radius 2 is 1.72 bits per heavy atom. The number of benzene rings is 2. The number of alkyl halides is 3. The number of carbonyl (C=O) groups is 1. The fourth-order valence-electron chi connectivity index (χ4n) is 2.57. The Hall–Kier alpha value is -2.94. The first-order valence-corrected chi connectivity index (χ1v) is 8.91. The zero-order chi connectivity index (χ0) is 21.4. The largest absolute Gasteiger partial charge is 0.410 e. The van der Waals surface area contributed by atoms with Gasteiger partial charge in [-0.3, -0.25) is 4.79 Å². The van der Waals surface area contributed by atoms with Crippen molar-refractivity contribution in [2.75, 3.05) is 0 Å². The monoisotopic (exact) mass is 423 g/mol. The van der Waals surface area contributed by atoms with Gasteiger partial charge in [-0.15, -0.1) is 5.10 Å². The van der Waals surface area contributed by atoms with E-state index in [9.17, 15) is 18.0 Å². The fraction of sp³-hybridized carbons (Fsp3) is 0.263. The van der Waals surface area contributed by atoms with Gasteiger partial charge in [0, 0.05) is 10.6 Å². The number of aromatic nitrogens is 4. The van der Waals surface area contributed by atoms with Crippen LogP contribution in [0.3, 0.4) is 0 Å². The molecule has 6 nitrogen and oxygen atoms in total. The first kappa shape index (κ1) is 20.8. The highest BCUT2D eigenvalue weighted by molar-refractivity contribution is 6.30. The second-order valence-electron chi connectivity index (χ2n) is 6.99. The minimum absolute atomic E-state index is 0.0414. The van der Waals surface area contributed by atoms with E-state index in [1.807, 2.05) is 5.32 Å². The number of nitrogens with zero attached hydrogens (tertiary/aromatic N) is 4. The Kier molecular flexibility index (Phi) is 5.36. The smallest absolute Gasteiger partial charge is 0.338 e. The van der Waals surface area contributed by atoms with Gasteiger partial charge in [0.25, 0.3) is 5.91 Å². The normalized spacial score (nSPS) is 12.1. The molecule has 1 N–H and O–H groups in total. The van der Waals surface area contributed by atoms with E-state index in [1.165, 1.54) is 16.8 Å². The number of halogens is 4. The van der Waals surface area contributed by atoms with Crippen LogP contribution in [-0.2, 0) is 0 Å². The van der Waals surface area contributed by atoms with Gasteiger partial charge in [0.05, 0.1) is 5.69 Å². The number of nitrogens with one attached hydrogen (secondary N) is 1. The summed E-state index contributed by atoms with van der Waals surface area (Å²) in [6.45, 7) is 3.47. The van der Waals surface area contributed by atoms with Gasteiger partial charge in [-0.25, -0.2) is 0 Å². The van der Waals surface area contributed by atoms with Crippen LogP contribution in [0, 0.1) is 6.92 Å². The van der Waals surface area contributed by atoms with Crippen LogP contribution in [0.1, 0.15) is 30.0 Å². The molecule has 1 heterocycles. The fourth-order valence-corrected chi connectivity index (χ4v) is 2.70. The molecule has 0 unspecified atom stereocenters. The van der Waals surface area contributed by atoms with Crippen LogP contribution in [0.15, 0.2) is 42.5 Å². The Morgan fingerprint density at radius 1 is 1.07 bits per heavy atom. The molecule has 1 aromatic heterocycles. The average Bonchev–Trinajstić information content (AvgIpc) is 3.06. The van der Waals surface area contributed by atoms with Crippen LogP contribution < -0.4 is 5.32 Å². The molecule has 3 aromatic rings. The van der Waals surface area contributed by atoms with Crippen molar-refractivity contribution < 1.29 is 18.0 Å². The summed E-state index contributed by atoms with van der Waals surface area (Å²) in [5.41, 5.74) is -0.588. The van der Waals surface area contributed by atoms with Crippen molar-refractivity contribution in [3.63, 3.8) is 0 Å². The maximum absolute atomic E-state index is 13.2. The molecule has 0 saturated heterocycles. The molecule has 0 atom stereocenters. The Labute approximate surface area is 169 Å². The quantitative estimate of drug-likeness (QED) is 0.676. The predicted molar refractivity (Wildman–Crippen MR) is 102 cm³/mol. The zero-order valence-corrected chi connectivity index (χ0v) is 16.5. The zero-order valence-electron chi connectivity index (χ0n) is 15.8. The van der Waals surface area contributed by atoms with E-state index in [-0.39, 0.29) is 5.56 Å². The average molecular weight is 424 g/mol. The summed E-state index contributed by atoms with van der Waals surface area (Å²) in [6, 6.07) is 11.5. The van der Waals surface area contributed by atoms with E-state index in [4.69, 9.17) is 11.6 Å². The highest BCUT2D eigenvalue weighted by atomic mass is 35.5. The summed E-state index contributed by atoms with van der Waals surface area (Å²) in [4.78, 5) is 12.7. The first-order chi connectivity index (χ1) is 13.5. The molecule has 0 spiro atoms. The maximum Gasteiger partial charge on any atom is 0.410 e. The molecule has 0 radical (unpaired) electrons. The molecule has 1 amide bonds. The van der Waals surface area contributed by atoms with Crippen molar-refractivity contribution in [1.82, 2.24) is 25.5 Å². The van der Waals surface area contributed by atoms with Gasteiger partial charge in [0.15, 0.2) is 5.82 Å². The van der Waals surface area contributed by atoms with Crippen molar-refractivity contribution in [2.24, 2.45) is 0 Å². The van der Waals surface area contributed by atoms with Gasteiger partial charge in [-0.2, -0.15) is 17.9 Å². The third kappa shape index (κ3) is 4.40. The highest BCUT2D eigenvalue weighted by Gasteiger charge is 2.48. The van der Waals surface area contributed by atoms with Gasteiger partial charge in [-0.1, -0.05) is 23.7 Å². The standard InChI is InChI=1S/C19H17ClF3N5O/c1-11-25-26-27-28(11)16-9-13(12-4-6-15(20)7-5-12)8-14(10-16)17(29)24-18(2,3)19(21,22)23/h4-10H,1-3H3,(H,24,29). The minimum atomic E-state index is -4.61. The molecule has 0 aliphatic carbocycles. The van der Waals surface area contributed by atoms with E-state index in [0.29, 0.717) is 22.1 Å². The minimum Gasteiger partial charge on any atom is -0.338 e.